The largest absolute Gasteiger partial charge is 0.383 e. The number of methoxy groups -OCH3 is 1. The second-order valence-electron chi connectivity index (χ2n) is 3.57. The van der Waals surface area contributed by atoms with Crippen molar-refractivity contribution in [2.45, 2.75) is 32.2 Å². The molecular weight excluding hydrogens is 152 g/mol. The summed E-state index contributed by atoms with van der Waals surface area (Å²) in [7, 11) is 1.70. The molecule has 12 heavy (non-hydrogen) atoms. The predicted molar refractivity (Wildman–Crippen MR) is 52.2 cm³/mol. The summed E-state index contributed by atoms with van der Waals surface area (Å²) in [5.41, 5.74) is 5.94. The fourth-order valence-electron chi connectivity index (χ4n) is 1.21. The van der Waals surface area contributed by atoms with E-state index in [9.17, 15) is 0 Å². The number of rotatable bonds is 7. The molecule has 0 aromatic heterocycles. The van der Waals surface area contributed by atoms with Gasteiger partial charge in [0.05, 0.1) is 6.61 Å². The van der Waals surface area contributed by atoms with Crippen LogP contribution in [0.3, 0.4) is 0 Å². The van der Waals surface area contributed by atoms with Crippen LogP contribution in [0.2, 0.25) is 0 Å². The molecule has 0 bridgehead atoms. The molecule has 1 unspecified atom stereocenters. The lowest BCUT2D eigenvalue weighted by Crippen LogP contribution is -2.46. The highest BCUT2D eigenvalue weighted by Gasteiger charge is 2.15. The Labute approximate surface area is 75.7 Å². The Bertz CT molecular complexity index is 105. The molecule has 0 aliphatic heterocycles. The van der Waals surface area contributed by atoms with E-state index in [1.54, 1.807) is 7.11 Å². The lowest BCUT2D eigenvalue weighted by Gasteiger charge is -2.24. The number of ether oxygens (including phenoxy) is 1. The average Bonchev–Trinajstić information content (AvgIpc) is 1.98. The first-order chi connectivity index (χ1) is 5.62. The fraction of sp³-hybridized carbons (Fsp3) is 1.00. The zero-order chi connectivity index (χ0) is 9.45. The van der Waals surface area contributed by atoms with Gasteiger partial charge in [0.25, 0.3) is 0 Å². The van der Waals surface area contributed by atoms with Gasteiger partial charge in [0, 0.05) is 25.7 Å². The van der Waals surface area contributed by atoms with E-state index >= 15 is 0 Å². The van der Waals surface area contributed by atoms with Crippen molar-refractivity contribution in [3.8, 4) is 0 Å². The van der Waals surface area contributed by atoms with E-state index < -0.39 is 0 Å². The van der Waals surface area contributed by atoms with Gasteiger partial charge in [-0.15, -0.1) is 0 Å². The summed E-state index contributed by atoms with van der Waals surface area (Å²) in [5.74, 6) is 0. The smallest absolute Gasteiger partial charge is 0.0587 e. The van der Waals surface area contributed by atoms with Crippen molar-refractivity contribution >= 4 is 0 Å². The Morgan fingerprint density at radius 1 is 1.50 bits per heavy atom. The highest BCUT2D eigenvalue weighted by atomic mass is 16.5. The second kappa shape index (κ2) is 6.40. The van der Waals surface area contributed by atoms with Crippen LogP contribution in [-0.2, 0) is 4.74 Å². The van der Waals surface area contributed by atoms with E-state index in [0.29, 0.717) is 0 Å². The quantitative estimate of drug-likeness (QED) is 0.560. The van der Waals surface area contributed by atoms with Gasteiger partial charge in [-0.2, -0.15) is 0 Å². The SMILES string of the molecule is CCCC(C)(N)CNCCOC. The third-order valence-corrected chi connectivity index (χ3v) is 1.83. The lowest BCUT2D eigenvalue weighted by molar-refractivity contribution is 0.196. The molecule has 0 aromatic rings. The number of nitrogens with two attached hydrogens (primary N) is 1. The van der Waals surface area contributed by atoms with Crippen LogP contribution in [0.1, 0.15) is 26.7 Å². The van der Waals surface area contributed by atoms with Crippen molar-refractivity contribution in [1.82, 2.24) is 5.32 Å². The predicted octanol–water partition coefficient (Wildman–Crippen LogP) is 0.740. The topological polar surface area (TPSA) is 47.3 Å². The monoisotopic (exact) mass is 174 g/mol. The standard InChI is InChI=1S/C9H22N2O/c1-4-5-9(2,10)8-11-6-7-12-3/h11H,4-8,10H2,1-3H3. The molecule has 0 amide bonds. The van der Waals surface area contributed by atoms with Gasteiger partial charge >= 0.3 is 0 Å². The van der Waals surface area contributed by atoms with Crippen LogP contribution in [0.15, 0.2) is 0 Å². The van der Waals surface area contributed by atoms with Gasteiger partial charge < -0.3 is 15.8 Å². The van der Waals surface area contributed by atoms with Crippen molar-refractivity contribution in [3.63, 3.8) is 0 Å². The first kappa shape index (κ1) is 11.9. The Kier molecular flexibility index (Phi) is 6.34. The van der Waals surface area contributed by atoms with Gasteiger partial charge in [-0.05, 0) is 13.3 Å². The van der Waals surface area contributed by atoms with Crippen LogP contribution in [0.25, 0.3) is 0 Å². The first-order valence-corrected chi connectivity index (χ1v) is 4.61. The molecule has 74 valence electrons. The Balaban J connectivity index is 3.33. The number of hydrogen-bond acceptors (Lipinski definition) is 3. The van der Waals surface area contributed by atoms with Gasteiger partial charge in [0.15, 0.2) is 0 Å². The van der Waals surface area contributed by atoms with Crippen LogP contribution in [-0.4, -0.2) is 32.3 Å². The maximum atomic E-state index is 6.01. The van der Waals surface area contributed by atoms with Gasteiger partial charge in [-0.3, -0.25) is 0 Å². The van der Waals surface area contributed by atoms with Crippen LogP contribution >= 0.6 is 0 Å². The molecular formula is C9H22N2O. The molecule has 0 spiro atoms. The summed E-state index contributed by atoms with van der Waals surface area (Å²) in [4.78, 5) is 0. The molecule has 0 fully saturated rings. The molecule has 3 heteroatoms. The molecule has 0 rings (SSSR count). The van der Waals surface area contributed by atoms with Gasteiger partial charge in [0.1, 0.15) is 0 Å². The van der Waals surface area contributed by atoms with Crippen LogP contribution in [0.5, 0.6) is 0 Å². The van der Waals surface area contributed by atoms with E-state index in [0.717, 1.165) is 32.5 Å². The third-order valence-electron chi connectivity index (χ3n) is 1.83. The van der Waals surface area contributed by atoms with Crippen LogP contribution in [0.4, 0.5) is 0 Å². The highest BCUT2D eigenvalue weighted by molar-refractivity contribution is 4.80. The van der Waals surface area contributed by atoms with Crippen molar-refractivity contribution in [2.24, 2.45) is 5.73 Å². The highest BCUT2D eigenvalue weighted by Crippen LogP contribution is 2.05. The maximum Gasteiger partial charge on any atom is 0.0587 e. The number of nitrogens with one attached hydrogen (secondary N) is 1. The van der Waals surface area contributed by atoms with E-state index in [4.69, 9.17) is 10.5 Å². The van der Waals surface area contributed by atoms with Crippen LogP contribution in [0, 0.1) is 0 Å². The molecule has 0 aliphatic rings. The van der Waals surface area contributed by atoms with E-state index in [1.807, 2.05) is 0 Å². The lowest BCUT2D eigenvalue weighted by atomic mass is 9.98. The molecule has 3 N–H and O–H groups in total. The minimum Gasteiger partial charge on any atom is -0.383 e. The molecule has 1 atom stereocenters. The molecule has 0 saturated heterocycles. The van der Waals surface area contributed by atoms with Crippen molar-refractivity contribution in [3.05, 3.63) is 0 Å². The Morgan fingerprint density at radius 2 is 2.17 bits per heavy atom. The molecule has 0 aromatic carbocycles. The van der Waals surface area contributed by atoms with Crippen molar-refractivity contribution < 1.29 is 4.74 Å². The first-order valence-electron chi connectivity index (χ1n) is 4.61. The summed E-state index contributed by atoms with van der Waals surface area (Å²) >= 11 is 0. The van der Waals surface area contributed by atoms with Crippen molar-refractivity contribution in [2.75, 3.05) is 26.8 Å². The molecule has 0 radical (unpaired) electrons. The Morgan fingerprint density at radius 3 is 2.67 bits per heavy atom. The van der Waals surface area contributed by atoms with Gasteiger partial charge in [0.2, 0.25) is 0 Å². The van der Waals surface area contributed by atoms with E-state index in [-0.39, 0.29) is 5.54 Å². The zero-order valence-electron chi connectivity index (χ0n) is 8.52. The molecule has 3 nitrogen and oxygen atoms in total. The average molecular weight is 174 g/mol. The normalized spacial score (nSPS) is 16.0. The minimum absolute atomic E-state index is 0.0670. The Hall–Kier alpha value is -0.120. The van der Waals surface area contributed by atoms with Crippen LogP contribution < -0.4 is 11.1 Å². The summed E-state index contributed by atoms with van der Waals surface area (Å²) in [6, 6.07) is 0. The second-order valence-corrected chi connectivity index (χ2v) is 3.57. The maximum absolute atomic E-state index is 6.01. The van der Waals surface area contributed by atoms with Gasteiger partial charge in [-0.1, -0.05) is 13.3 Å². The van der Waals surface area contributed by atoms with E-state index in [2.05, 4.69) is 19.2 Å². The minimum atomic E-state index is -0.0670. The fourth-order valence-corrected chi connectivity index (χ4v) is 1.21. The van der Waals surface area contributed by atoms with E-state index in [1.165, 1.54) is 0 Å². The summed E-state index contributed by atoms with van der Waals surface area (Å²) in [5, 5.41) is 3.26. The molecule has 0 heterocycles. The third kappa shape index (κ3) is 6.58. The molecule has 0 aliphatic carbocycles. The number of hydrogen-bond donors (Lipinski definition) is 2. The van der Waals surface area contributed by atoms with Gasteiger partial charge in [-0.25, -0.2) is 0 Å². The summed E-state index contributed by atoms with van der Waals surface area (Å²) in [6.07, 6.45) is 2.20. The summed E-state index contributed by atoms with van der Waals surface area (Å²) < 4.78 is 4.91. The van der Waals surface area contributed by atoms with Crippen molar-refractivity contribution in [1.29, 1.82) is 0 Å². The summed E-state index contributed by atoms with van der Waals surface area (Å²) in [6.45, 7) is 6.73. The molecule has 0 saturated carbocycles. The zero-order valence-corrected chi connectivity index (χ0v) is 8.52.